The van der Waals surface area contributed by atoms with Crippen LogP contribution in [0.3, 0.4) is 0 Å². The summed E-state index contributed by atoms with van der Waals surface area (Å²) in [6.07, 6.45) is 1.92. The van der Waals surface area contributed by atoms with E-state index in [1.807, 2.05) is 30.3 Å². The molecule has 1 amide bonds. The van der Waals surface area contributed by atoms with Crippen LogP contribution in [-0.4, -0.2) is 28.2 Å². The van der Waals surface area contributed by atoms with Crippen LogP contribution < -0.4 is 4.90 Å². The van der Waals surface area contributed by atoms with Crippen molar-refractivity contribution in [3.63, 3.8) is 0 Å². The fourth-order valence-corrected chi connectivity index (χ4v) is 3.25. The van der Waals surface area contributed by atoms with Gasteiger partial charge < -0.3 is 9.88 Å². The van der Waals surface area contributed by atoms with E-state index in [0.29, 0.717) is 11.7 Å². The summed E-state index contributed by atoms with van der Waals surface area (Å²) in [7, 11) is 0. The van der Waals surface area contributed by atoms with Crippen LogP contribution in [0.15, 0.2) is 66.0 Å². The van der Waals surface area contributed by atoms with Crippen molar-refractivity contribution < 1.29 is 9.18 Å². The third-order valence-electron chi connectivity index (χ3n) is 3.86. The van der Waals surface area contributed by atoms with E-state index in [4.69, 9.17) is 5.26 Å². The number of nitriles is 1. The number of hydrogen-bond donors (Lipinski definition) is 1. The van der Waals surface area contributed by atoms with E-state index < -0.39 is 0 Å². The minimum absolute atomic E-state index is 0.0961. The molecule has 0 unspecified atom stereocenters. The number of amides is 1. The molecule has 27 heavy (non-hydrogen) atoms. The predicted octanol–water partition coefficient (Wildman–Crippen LogP) is 4.25. The average molecular weight is 380 g/mol. The molecule has 7 heteroatoms. The minimum atomic E-state index is -0.295. The molecule has 0 bridgehead atoms. The van der Waals surface area contributed by atoms with Crippen molar-refractivity contribution in [1.29, 1.82) is 5.26 Å². The van der Waals surface area contributed by atoms with E-state index in [0.717, 1.165) is 16.9 Å². The molecule has 2 aromatic carbocycles. The van der Waals surface area contributed by atoms with Crippen molar-refractivity contribution in [2.24, 2.45) is 0 Å². The predicted molar refractivity (Wildman–Crippen MR) is 104 cm³/mol. The lowest BCUT2D eigenvalue weighted by Crippen LogP contribution is -2.33. The Labute approximate surface area is 160 Å². The van der Waals surface area contributed by atoms with Crippen LogP contribution >= 0.6 is 11.8 Å². The van der Waals surface area contributed by atoms with E-state index in [2.05, 4.69) is 16.0 Å². The summed E-state index contributed by atoms with van der Waals surface area (Å²) in [6.45, 7) is 0.346. The molecule has 0 fully saturated rings. The number of thioether (sulfide) groups is 1. The molecule has 0 aliphatic rings. The number of H-pyrrole nitrogens is 1. The Hall–Kier alpha value is -3.11. The first-order chi connectivity index (χ1) is 13.2. The Morgan fingerprint density at radius 1 is 1.19 bits per heavy atom. The van der Waals surface area contributed by atoms with Gasteiger partial charge in [-0.1, -0.05) is 30.0 Å². The van der Waals surface area contributed by atoms with Crippen LogP contribution in [0, 0.1) is 17.1 Å². The standard InChI is InChI=1S/C20H17FN4OS/c21-16-9-7-15(8-10-16)18-13-23-20(24-18)27-14-19(26)25(12-4-11-22)17-5-2-1-3-6-17/h1-3,5-10,13H,4,12,14H2,(H,23,24). The molecule has 3 aromatic rings. The van der Waals surface area contributed by atoms with Crippen molar-refractivity contribution in [3.8, 4) is 17.3 Å². The first-order valence-corrected chi connectivity index (χ1v) is 9.32. The molecule has 0 aliphatic carbocycles. The summed E-state index contributed by atoms with van der Waals surface area (Å²) in [6, 6.07) is 17.5. The highest BCUT2D eigenvalue weighted by atomic mass is 32.2. The average Bonchev–Trinajstić information content (AvgIpc) is 3.17. The molecule has 5 nitrogen and oxygen atoms in total. The van der Waals surface area contributed by atoms with E-state index in [9.17, 15) is 9.18 Å². The molecule has 0 aliphatic heterocycles. The van der Waals surface area contributed by atoms with Crippen LogP contribution in [0.2, 0.25) is 0 Å². The Morgan fingerprint density at radius 3 is 2.63 bits per heavy atom. The fourth-order valence-electron chi connectivity index (χ4n) is 2.53. The highest BCUT2D eigenvalue weighted by Gasteiger charge is 2.16. The summed E-state index contributed by atoms with van der Waals surface area (Å²) >= 11 is 1.29. The second-order valence-electron chi connectivity index (χ2n) is 5.69. The monoisotopic (exact) mass is 380 g/mol. The van der Waals surface area contributed by atoms with Gasteiger partial charge in [0, 0.05) is 12.2 Å². The Bertz CT molecular complexity index is 935. The summed E-state index contributed by atoms with van der Waals surface area (Å²) in [5.41, 5.74) is 2.35. The zero-order chi connectivity index (χ0) is 19.1. The SMILES string of the molecule is N#CCCN(C(=O)CSc1ncc(-c2ccc(F)cc2)[nH]1)c1ccccc1. The minimum Gasteiger partial charge on any atom is -0.333 e. The number of benzene rings is 2. The third kappa shape index (κ3) is 4.96. The van der Waals surface area contributed by atoms with Crippen LogP contribution in [0.25, 0.3) is 11.3 Å². The van der Waals surface area contributed by atoms with Gasteiger partial charge in [0.05, 0.1) is 30.1 Å². The van der Waals surface area contributed by atoms with E-state index >= 15 is 0 Å². The van der Waals surface area contributed by atoms with Gasteiger partial charge in [-0.25, -0.2) is 9.37 Å². The van der Waals surface area contributed by atoms with Gasteiger partial charge in [-0.2, -0.15) is 5.26 Å². The molecule has 1 N–H and O–H groups in total. The number of para-hydroxylation sites is 1. The molecular formula is C20H17FN4OS. The normalized spacial score (nSPS) is 10.4. The van der Waals surface area contributed by atoms with Gasteiger partial charge in [-0.15, -0.1) is 0 Å². The number of anilines is 1. The first-order valence-electron chi connectivity index (χ1n) is 8.33. The topological polar surface area (TPSA) is 72.8 Å². The number of carbonyl (C=O) groups excluding carboxylic acids is 1. The molecule has 0 saturated carbocycles. The van der Waals surface area contributed by atoms with Gasteiger partial charge >= 0.3 is 0 Å². The van der Waals surface area contributed by atoms with Crippen molar-refractivity contribution in [1.82, 2.24) is 9.97 Å². The number of rotatable bonds is 7. The smallest absolute Gasteiger partial charge is 0.237 e. The lowest BCUT2D eigenvalue weighted by atomic mass is 10.2. The maximum atomic E-state index is 13.0. The second kappa shape index (κ2) is 9.01. The number of halogens is 1. The third-order valence-corrected chi connectivity index (χ3v) is 4.73. The van der Waals surface area contributed by atoms with Crippen LogP contribution in [0.1, 0.15) is 6.42 Å². The summed E-state index contributed by atoms with van der Waals surface area (Å²) in [5.74, 6) is -0.200. The molecule has 0 saturated heterocycles. The van der Waals surface area contributed by atoms with Crippen molar-refractivity contribution in [2.75, 3.05) is 17.2 Å². The van der Waals surface area contributed by atoms with E-state index in [1.165, 1.54) is 23.9 Å². The molecular weight excluding hydrogens is 363 g/mol. The zero-order valence-corrected chi connectivity index (χ0v) is 15.2. The summed E-state index contributed by atoms with van der Waals surface area (Å²) < 4.78 is 13.0. The molecule has 136 valence electrons. The number of nitrogens with zero attached hydrogens (tertiary/aromatic N) is 3. The van der Waals surface area contributed by atoms with Crippen molar-refractivity contribution >= 4 is 23.4 Å². The number of aromatic nitrogens is 2. The van der Waals surface area contributed by atoms with Gasteiger partial charge in [0.15, 0.2) is 5.16 Å². The highest BCUT2D eigenvalue weighted by molar-refractivity contribution is 7.99. The molecule has 0 spiro atoms. The highest BCUT2D eigenvalue weighted by Crippen LogP contribution is 2.23. The molecule has 0 atom stereocenters. The lowest BCUT2D eigenvalue weighted by Gasteiger charge is -2.21. The Kier molecular flexibility index (Phi) is 6.23. The molecule has 3 rings (SSSR count). The quantitative estimate of drug-likeness (QED) is 0.622. The molecule has 1 aromatic heterocycles. The maximum Gasteiger partial charge on any atom is 0.237 e. The lowest BCUT2D eigenvalue weighted by molar-refractivity contribution is -0.116. The van der Waals surface area contributed by atoms with Crippen LogP contribution in [-0.2, 0) is 4.79 Å². The fraction of sp³-hybridized carbons (Fsp3) is 0.150. The number of hydrogen-bond acceptors (Lipinski definition) is 4. The second-order valence-corrected chi connectivity index (χ2v) is 6.65. The number of carbonyl (C=O) groups is 1. The maximum absolute atomic E-state index is 13.0. The zero-order valence-electron chi connectivity index (χ0n) is 14.4. The largest absolute Gasteiger partial charge is 0.333 e. The van der Waals surface area contributed by atoms with Gasteiger partial charge in [0.25, 0.3) is 0 Å². The number of aromatic amines is 1. The van der Waals surface area contributed by atoms with E-state index in [-0.39, 0.29) is 23.9 Å². The van der Waals surface area contributed by atoms with Crippen LogP contribution in [0.5, 0.6) is 0 Å². The Morgan fingerprint density at radius 2 is 1.93 bits per heavy atom. The Balaban J connectivity index is 1.65. The van der Waals surface area contributed by atoms with Gasteiger partial charge in [-0.3, -0.25) is 4.79 Å². The first kappa shape index (κ1) is 18.7. The van der Waals surface area contributed by atoms with Gasteiger partial charge in [0.1, 0.15) is 5.82 Å². The summed E-state index contributed by atoms with van der Waals surface area (Å²) in [4.78, 5) is 21.7. The van der Waals surface area contributed by atoms with Gasteiger partial charge in [-0.05, 0) is 42.0 Å². The van der Waals surface area contributed by atoms with Crippen molar-refractivity contribution in [2.45, 2.75) is 11.6 Å². The van der Waals surface area contributed by atoms with Gasteiger partial charge in [0.2, 0.25) is 5.91 Å². The van der Waals surface area contributed by atoms with E-state index in [1.54, 1.807) is 23.2 Å². The van der Waals surface area contributed by atoms with Crippen molar-refractivity contribution in [3.05, 3.63) is 66.6 Å². The summed E-state index contributed by atoms with van der Waals surface area (Å²) in [5, 5.41) is 9.46. The molecule has 0 radical (unpaired) electrons. The number of nitrogens with one attached hydrogen (secondary N) is 1. The number of imidazole rings is 1. The molecule has 1 heterocycles. The van der Waals surface area contributed by atoms with Crippen LogP contribution in [0.4, 0.5) is 10.1 Å².